The van der Waals surface area contributed by atoms with Crippen molar-refractivity contribution in [2.45, 2.75) is 0 Å². The first-order chi connectivity index (χ1) is 10.2. The maximum atomic E-state index is 12.4. The Morgan fingerprint density at radius 1 is 0.952 bits per heavy atom. The number of methoxy groups -OCH3 is 1. The van der Waals surface area contributed by atoms with Crippen LogP contribution in [0.25, 0.3) is 10.1 Å². The molecule has 2 aromatic carbocycles. The Kier molecular flexibility index (Phi) is 3.54. The molecule has 0 aliphatic heterocycles. The number of thiophene rings is 1. The van der Waals surface area contributed by atoms with Crippen LogP contribution in [0.2, 0.25) is 0 Å². The molecule has 0 saturated carbocycles. The molecule has 0 bridgehead atoms. The first kappa shape index (κ1) is 13.5. The van der Waals surface area contributed by atoms with E-state index in [9.17, 15) is 9.59 Å². The minimum atomic E-state index is -0.355. The van der Waals surface area contributed by atoms with E-state index in [0.717, 1.165) is 10.1 Å². The fourth-order valence-electron chi connectivity index (χ4n) is 2.14. The van der Waals surface area contributed by atoms with Gasteiger partial charge < -0.3 is 4.74 Å². The number of benzene rings is 2. The van der Waals surface area contributed by atoms with Crippen molar-refractivity contribution >= 4 is 33.2 Å². The zero-order valence-corrected chi connectivity index (χ0v) is 12.1. The van der Waals surface area contributed by atoms with Gasteiger partial charge in [0.05, 0.1) is 7.11 Å². The van der Waals surface area contributed by atoms with Crippen LogP contribution in [0.4, 0.5) is 0 Å². The standard InChI is InChI=1S/C17H12O3S/c1-20-17(19)15-10-13-9-12(7-8-14(13)21-15)16(18)11-5-3-2-4-6-11/h2-10H,1H3. The minimum absolute atomic E-state index is 0.0247. The van der Waals surface area contributed by atoms with Crippen molar-refractivity contribution in [3.05, 3.63) is 70.6 Å². The number of carbonyl (C=O) groups is 2. The maximum Gasteiger partial charge on any atom is 0.348 e. The highest BCUT2D eigenvalue weighted by atomic mass is 32.1. The fourth-order valence-corrected chi connectivity index (χ4v) is 3.10. The van der Waals surface area contributed by atoms with Crippen LogP contribution in [0.3, 0.4) is 0 Å². The predicted octanol–water partition coefficient (Wildman–Crippen LogP) is 3.92. The zero-order chi connectivity index (χ0) is 14.8. The van der Waals surface area contributed by atoms with Crippen LogP contribution in [0.1, 0.15) is 25.6 Å². The lowest BCUT2D eigenvalue weighted by Gasteiger charge is -2.01. The van der Waals surface area contributed by atoms with Gasteiger partial charge in [-0.1, -0.05) is 30.3 Å². The summed E-state index contributed by atoms with van der Waals surface area (Å²) in [7, 11) is 1.36. The van der Waals surface area contributed by atoms with Crippen molar-refractivity contribution in [2.75, 3.05) is 7.11 Å². The second kappa shape index (κ2) is 5.50. The molecule has 0 atom stereocenters. The Balaban J connectivity index is 2.01. The summed E-state index contributed by atoms with van der Waals surface area (Å²) in [5.74, 6) is -0.379. The van der Waals surface area contributed by atoms with E-state index in [4.69, 9.17) is 4.74 Å². The molecule has 0 aliphatic carbocycles. The third kappa shape index (κ3) is 2.58. The number of ether oxygens (including phenoxy) is 1. The van der Waals surface area contributed by atoms with Crippen LogP contribution in [0, 0.1) is 0 Å². The van der Waals surface area contributed by atoms with Gasteiger partial charge in [-0.25, -0.2) is 4.79 Å². The van der Waals surface area contributed by atoms with Crippen LogP contribution in [-0.2, 0) is 4.74 Å². The molecule has 0 N–H and O–H groups in total. The molecule has 3 rings (SSSR count). The zero-order valence-electron chi connectivity index (χ0n) is 11.3. The fraction of sp³-hybridized carbons (Fsp3) is 0.0588. The van der Waals surface area contributed by atoms with E-state index in [0.29, 0.717) is 16.0 Å². The Morgan fingerprint density at radius 3 is 2.43 bits per heavy atom. The number of fused-ring (bicyclic) bond motifs is 1. The first-order valence-electron chi connectivity index (χ1n) is 6.40. The minimum Gasteiger partial charge on any atom is -0.465 e. The highest BCUT2D eigenvalue weighted by molar-refractivity contribution is 7.20. The number of hydrogen-bond acceptors (Lipinski definition) is 4. The topological polar surface area (TPSA) is 43.4 Å². The number of carbonyl (C=O) groups excluding carboxylic acids is 2. The molecular weight excluding hydrogens is 284 g/mol. The molecule has 0 unspecified atom stereocenters. The Labute approximate surface area is 125 Å². The van der Waals surface area contributed by atoms with E-state index in [1.165, 1.54) is 18.4 Å². The molecule has 0 spiro atoms. The van der Waals surface area contributed by atoms with Crippen molar-refractivity contribution in [1.82, 2.24) is 0 Å². The molecule has 0 radical (unpaired) electrons. The quantitative estimate of drug-likeness (QED) is 0.543. The van der Waals surface area contributed by atoms with Crippen LogP contribution in [0.5, 0.6) is 0 Å². The van der Waals surface area contributed by atoms with E-state index >= 15 is 0 Å². The summed E-state index contributed by atoms with van der Waals surface area (Å²) < 4.78 is 5.68. The second-order valence-electron chi connectivity index (χ2n) is 4.55. The third-order valence-electron chi connectivity index (χ3n) is 3.20. The summed E-state index contributed by atoms with van der Waals surface area (Å²) in [6, 6.07) is 16.4. The van der Waals surface area contributed by atoms with Gasteiger partial charge in [0.1, 0.15) is 4.88 Å². The van der Waals surface area contributed by atoms with Gasteiger partial charge in [-0.15, -0.1) is 11.3 Å². The first-order valence-corrected chi connectivity index (χ1v) is 7.22. The molecular formula is C17H12O3S. The molecule has 3 nitrogen and oxygen atoms in total. The van der Waals surface area contributed by atoms with E-state index in [1.807, 2.05) is 30.3 Å². The smallest absolute Gasteiger partial charge is 0.348 e. The molecule has 21 heavy (non-hydrogen) atoms. The van der Waals surface area contributed by atoms with Gasteiger partial charge in [0, 0.05) is 15.8 Å². The average Bonchev–Trinajstić information content (AvgIpc) is 2.97. The van der Waals surface area contributed by atoms with Crippen LogP contribution in [-0.4, -0.2) is 18.9 Å². The van der Waals surface area contributed by atoms with Crippen LogP contribution in [0.15, 0.2) is 54.6 Å². The molecule has 1 heterocycles. The number of esters is 1. The van der Waals surface area contributed by atoms with E-state index in [1.54, 1.807) is 24.3 Å². The molecule has 0 aliphatic rings. The summed E-state index contributed by atoms with van der Waals surface area (Å²) in [5.41, 5.74) is 1.27. The van der Waals surface area contributed by atoms with Crippen LogP contribution < -0.4 is 0 Å². The van der Waals surface area contributed by atoms with Crippen LogP contribution >= 0.6 is 11.3 Å². The summed E-state index contributed by atoms with van der Waals surface area (Å²) in [6.45, 7) is 0. The van der Waals surface area contributed by atoms with Crippen molar-refractivity contribution in [3.8, 4) is 0 Å². The largest absolute Gasteiger partial charge is 0.465 e. The molecule has 0 saturated heterocycles. The number of ketones is 1. The van der Waals surface area contributed by atoms with Gasteiger partial charge in [0.25, 0.3) is 0 Å². The molecule has 104 valence electrons. The highest BCUT2D eigenvalue weighted by Crippen LogP contribution is 2.27. The van der Waals surface area contributed by atoms with Gasteiger partial charge in [0.15, 0.2) is 5.78 Å². The second-order valence-corrected chi connectivity index (χ2v) is 5.63. The highest BCUT2D eigenvalue weighted by Gasteiger charge is 2.13. The van der Waals surface area contributed by atoms with Crippen molar-refractivity contribution in [2.24, 2.45) is 0 Å². The molecule has 1 aromatic heterocycles. The number of hydrogen-bond donors (Lipinski definition) is 0. The average molecular weight is 296 g/mol. The van der Waals surface area contributed by atoms with Gasteiger partial charge in [0.2, 0.25) is 0 Å². The maximum absolute atomic E-state index is 12.4. The van der Waals surface area contributed by atoms with Gasteiger partial charge in [-0.2, -0.15) is 0 Å². The molecule has 0 amide bonds. The summed E-state index contributed by atoms with van der Waals surface area (Å²) in [5, 5.41) is 0.877. The van der Waals surface area contributed by atoms with Gasteiger partial charge >= 0.3 is 5.97 Å². The van der Waals surface area contributed by atoms with Gasteiger partial charge in [-0.05, 0) is 29.7 Å². The van der Waals surface area contributed by atoms with E-state index in [-0.39, 0.29) is 11.8 Å². The Bertz CT molecular complexity index is 818. The van der Waals surface area contributed by atoms with E-state index < -0.39 is 0 Å². The lowest BCUT2D eigenvalue weighted by Crippen LogP contribution is -2.00. The normalized spacial score (nSPS) is 10.5. The lowest BCUT2D eigenvalue weighted by atomic mass is 10.0. The summed E-state index contributed by atoms with van der Waals surface area (Å²) in [6.07, 6.45) is 0. The van der Waals surface area contributed by atoms with Crippen molar-refractivity contribution in [3.63, 3.8) is 0 Å². The lowest BCUT2D eigenvalue weighted by molar-refractivity contribution is 0.0606. The third-order valence-corrected chi connectivity index (χ3v) is 4.30. The van der Waals surface area contributed by atoms with Gasteiger partial charge in [-0.3, -0.25) is 4.79 Å². The summed E-state index contributed by atoms with van der Waals surface area (Å²) in [4.78, 5) is 24.5. The van der Waals surface area contributed by atoms with Crippen molar-refractivity contribution in [1.29, 1.82) is 0 Å². The Hall–Kier alpha value is -2.46. The Morgan fingerprint density at radius 2 is 1.71 bits per heavy atom. The molecule has 0 fully saturated rings. The molecule has 3 aromatic rings. The number of rotatable bonds is 3. The van der Waals surface area contributed by atoms with E-state index in [2.05, 4.69) is 0 Å². The monoisotopic (exact) mass is 296 g/mol. The molecule has 4 heteroatoms. The summed E-state index contributed by atoms with van der Waals surface area (Å²) >= 11 is 1.36. The predicted molar refractivity (Wildman–Crippen MR) is 83.0 cm³/mol. The van der Waals surface area contributed by atoms with Crippen molar-refractivity contribution < 1.29 is 14.3 Å². The SMILES string of the molecule is COC(=O)c1cc2cc(C(=O)c3ccccc3)ccc2s1.